The van der Waals surface area contributed by atoms with Gasteiger partial charge in [-0.3, -0.25) is 9.59 Å². The summed E-state index contributed by atoms with van der Waals surface area (Å²) >= 11 is 0. The molecule has 2 amide bonds. The van der Waals surface area contributed by atoms with Crippen LogP contribution in [0.3, 0.4) is 0 Å². The van der Waals surface area contributed by atoms with Crippen LogP contribution in [0.4, 0.5) is 0 Å². The Morgan fingerprint density at radius 2 is 1.53 bits per heavy atom. The summed E-state index contributed by atoms with van der Waals surface area (Å²) in [6.07, 6.45) is 5.24. The molecule has 7 heteroatoms. The molecule has 0 aromatic heterocycles. The highest BCUT2D eigenvalue weighted by molar-refractivity contribution is 5.90. The van der Waals surface area contributed by atoms with Gasteiger partial charge in [0.15, 0.2) is 11.5 Å². The van der Waals surface area contributed by atoms with Gasteiger partial charge in [0.25, 0.3) is 0 Å². The molecule has 0 N–H and O–H groups in total. The molecule has 3 rings (SSSR count). The predicted molar refractivity (Wildman–Crippen MR) is 142 cm³/mol. The van der Waals surface area contributed by atoms with Crippen molar-refractivity contribution in [2.24, 2.45) is 0 Å². The number of hydrogen-bond donors (Lipinski definition) is 0. The highest BCUT2D eigenvalue weighted by atomic mass is 16.5. The van der Waals surface area contributed by atoms with Gasteiger partial charge in [-0.15, -0.1) is 0 Å². The highest BCUT2D eigenvalue weighted by Crippen LogP contribution is 2.41. The maximum absolute atomic E-state index is 13.6. The van der Waals surface area contributed by atoms with Gasteiger partial charge in [-0.1, -0.05) is 50.5 Å². The van der Waals surface area contributed by atoms with Crippen LogP contribution in [0, 0.1) is 0 Å². The number of methoxy groups -OCH3 is 3. The number of likely N-dealkylation sites (N-methyl/N-ethyl adjacent to an activating group) is 1. The molecule has 1 saturated heterocycles. The summed E-state index contributed by atoms with van der Waals surface area (Å²) in [6.45, 7) is 4.87. The lowest BCUT2D eigenvalue weighted by molar-refractivity contribution is -0.140. The molecular weight excluding hydrogens is 456 g/mol. The number of carbonyl (C=O) groups is 2. The van der Waals surface area contributed by atoms with Crippen molar-refractivity contribution in [2.75, 3.05) is 34.9 Å². The Labute approximate surface area is 215 Å². The molecular formula is C29H40N2O5. The van der Waals surface area contributed by atoms with Crippen LogP contribution < -0.4 is 14.2 Å². The Morgan fingerprint density at radius 1 is 0.889 bits per heavy atom. The zero-order valence-electron chi connectivity index (χ0n) is 22.5. The molecule has 36 heavy (non-hydrogen) atoms. The van der Waals surface area contributed by atoms with E-state index in [-0.39, 0.29) is 17.9 Å². The third kappa shape index (κ3) is 6.12. The number of amides is 2. The Bertz CT molecular complexity index is 1010. The van der Waals surface area contributed by atoms with Gasteiger partial charge in [0.2, 0.25) is 17.6 Å². The second-order valence-corrected chi connectivity index (χ2v) is 9.48. The molecule has 2 unspecified atom stereocenters. The standard InChI is InChI=1S/C29H40N2O5/c1-7-8-9-10-15-31-20(2)16-27(32)30(3)24(29(31)33)17-21-11-13-22(14-12-21)23-18-25(34-4)28(36-6)26(19-23)35-5/h11-14,18-20,24H,7-10,15-17H2,1-6H3. The molecule has 1 aliphatic rings. The number of hydrogen-bond acceptors (Lipinski definition) is 5. The third-order valence-corrected chi connectivity index (χ3v) is 7.06. The first-order chi connectivity index (χ1) is 17.3. The first-order valence-corrected chi connectivity index (χ1v) is 12.8. The summed E-state index contributed by atoms with van der Waals surface area (Å²) in [5.41, 5.74) is 2.92. The van der Waals surface area contributed by atoms with Crippen molar-refractivity contribution >= 4 is 11.8 Å². The second kappa shape index (κ2) is 12.7. The fraction of sp³-hybridized carbons (Fsp3) is 0.517. The summed E-state index contributed by atoms with van der Waals surface area (Å²) in [6, 6.07) is 11.3. The van der Waals surface area contributed by atoms with Crippen molar-refractivity contribution in [2.45, 2.75) is 64.5 Å². The van der Waals surface area contributed by atoms with Crippen molar-refractivity contribution < 1.29 is 23.8 Å². The third-order valence-electron chi connectivity index (χ3n) is 7.06. The van der Waals surface area contributed by atoms with E-state index < -0.39 is 6.04 Å². The molecule has 0 spiro atoms. The van der Waals surface area contributed by atoms with Crippen LogP contribution in [0.25, 0.3) is 11.1 Å². The average molecular weight is 497 g/mol. The van der Waals surface area contributed by atoms with Gasteiger partial charge in [0.05, 0.1) is 21.3 Å². The van der Waals surface area contributed by atoms with Gasteiger partial charge in [0.1, 0.15) is 6.04 Å². The molecule has 1 aliphatic heterocycles. The number of benzene rings is 2. The van der Waals surface area contributed by atoms with E-state index in [1.54, 1.807) is 33.3 Å². The van der Waals surface area contributed by atoms with Crippen LogP contribution in [-0.4, -0.2) is 68.6 Å². The Hall–Kier alpha value is -3.22. The molecule has 0 aliphatic carbocycles. The van der Waals surface area contributed by atoms with Crippen LogP contribution >= 0.6 is 0 Å². The van der Waals surface area contributed by atoms with E-state index in [0.717, 1.165) is 42.4 Å². The number of nitrogens with zero attached hydrogens (tertiary/aromatic N) is 2. The first kappa shape index (κ1) is 27.4. The summed E-state index contributed by atoms with van der Waals surface area (Å²) < 4.78 is 16.4. The zero-order valence-corrected chi connectivity index (χ0v) is 22.5. The van der Waals surface area contributed by atoms with Crippen LogP contribution in [0.1, 0.15) is 51.5 Å². The van der Waals surface area contributed by atoms with E-state index in [2.05, 4.69) is 6.92 Å². The van der Waals surface area contributed by atoms with Gasteiger partial charge in [-0.05, 0) is 42.2 Å². The van der Waals surface area contributed by atoms with Gasteiger partial charge in [0, 0.05) is 32.5 Å². The van der Waals surface area contributed by atoms with Crippen LogP contribution in [0.15, 0.2) is 36.4 Å². The lowest BCUT2D eigenvalue weighted by Gasteiger charge is -2.30. The van der Waals surface area contributed by atoms with Crippen LogP contribution in [0.2, 0.25) is 0 Å². The first-order valence-electron chi connectivity index (χ1n) is 12.8. The quantitative estimate of drug-likeness (QED) is 0.412. The van der Waals surface area contributed by atoms with Crippen molar-refractivity contribution in [1.29, 1.82) is 0 Å². The summed E-state index contributed by atoms with van der Waals surface area (Å²) in [7, 11) is 6.53. The number of rotatable bonds is 11. The molecule has 2 aromatic rings. The predicted octanol–water partition coefficient (Wildman–Crippen LogP) is 4.95. The zero-order chi connectivity index (χ0) is 26.2. The SMILES string of the molecule is CCCCCCN1C(=O)C(Cc2ccc(-c3cc(OC)c(OC)c(OC)c3)cc2)N(C)C(=O)CC1C. The molecule has 1 fully saturated rings. The molecule has 2 atom stereocenters. The van der Waals surface area contributed by atoms with Gasteiger partial charge in [-0.2, -0.15) is 0 Å². The molecule has 0 saturated carbocycles. The minimum absolute atomic E-state index is 0.0194. The lowest BCUT2D eigenvalue weighted by Crippen LogP contribution is -2.48. The van der Waals surface area contributed by atoms with Crippen molar-refractivity contribution in [3.8, 4) is 28.4 Å². The monoisotopic (exact) mass is 496 g/mol. The molecule has 7 nitrogen and oxygen atoms in total. The molecule has 1 heterocycles. The smallest absolute Gasteiger partial charge is 0.245 e. The van der Waals surface area contributed by atoms with E-state index in [0.29, 0.717) is 36.6 Å². The highest BCUT2D eigenvalue weighted by Gasteiger charge is 2.37. The maximum atomic E-state index is 13.6. The van der Waals surface area contributed by atoms with E-state index >= 15 is 0 Å². The minimum atomic E-state index is -0.499. The maximum Gasteiger partial charge on any atom is 0.245 e. The number of unbranched alkanes of at least 4 members (excludes halogenated alkanes) is 3. The largest absolute Gasteiger partial charge is 0.493 e. The Morgan fingerprint density at radius 3 is 2.08 bits per heavy atom. The van der Waals surface area contributed by atoms with Gasteiger partial charge in [-0.25, -0.2) is 0 Å². The normalized spacial score (nSPS) is 18.3. The van der Waals surface area contributed by atoms with Crippen molar-refractivity contribution in [1.82, 2.24) is 9.80 Å². The van der Waals surface area contributed by atoms with Crippen LogP contribution in [-0.2, 0) is 16.0 Å². The second-order valence-electron chi connectivity index (χ2n) is 9.48. The fourth-order valence-electron chi connectivity index (χ4n) is 4.82. The number of ether oxygens (including phenoxy) is 3. The topological polar surface area (TPSA) is 68.3 Å². The average Bonchev–Trinajstić information content (AvgIpc) is 2.96. The number of carbonyl (C=O) groups excluding carboxylic acids is 2. The minimum Gasteiger partial charge on any atom is -0.493 e. The summed E-state index contributed by atoms with van der Waals surface area (Å²) in [4.78, 5) is 29.9. The van der Waals surface area contributed by atoms with Gasteiger partial charge >= 0.3 is 0 Å². The Kier molecular flexibility index (Phi) is 9.62. The van der Waals surface area contributed by atoms with Crippen molar-refractivity contribution in [3.63, 3.8) is 0 Å². The van der Waals surface area contributed by atoms with Crippen LogP contribution in [0.5, 0.6) is 17.2 Å². The molecule has 2 aromatic carbocycles. The van der Waals surface area contributed by atoms with E-state index in [9.17, 15) is 9.59 Å². The Balaban J connectivity index is 1.81. The molecule has 196 valence electrons. The van der Waals surface area contributed by atoms with E-state index in [4.69, 9.17) is 14.2 Å². The van der Waals surface area contributed by atoms with Gasteiger partial charge < -0.3 is 24.0 Å². The van der Waals surface area contributed by atoms with E-state index in [1.165, 1.54) is 0 Å². The summed E-state index contributed by atoms with van der Waals surface area (Å²) in [5, 5.41) is 0. The van der Waals surface area contributed by atoms with E-state index in [1.807, 2.05) is 48.2 Å². The molecule has 0 radical (unpaired) electrons. The summed E-state index contributed by atoms with van der Waals surface area (Å²) in [5.74, 6) is 1.79. The van der Waals surface area contributed by atoms with Crippen molar-refractivity contribution in [3.05, 3.63) is 42.0 Å². The molecule has 0 bridgehead atoms. The lowest BCUT2D eigenvalue weighted by atomic mass is 9.99. The fourth-order valence-corrected chi connectivity index (χ4v) is 4.82.